The summed E-state index contributed by atoms with van der Waals surface area (Å²) in [6, 6.07) is 11.4. The molecule has 3 N–H and O–H groups in total. The predicted octanol–water partition coefficient (Wildman–Crippen LogP) is 3.05. The van der Waals surface area contributed by atoms with Gasteiger partial charge in [0.25, 0.3) is 0 Å². The Balaban J connectivity index is 0.00000338. The molecule has 1 unspecified atom stereocenters. The van der Waals surface area contributed by atoms with E-state index in [-0.39, 0.29) is 30.5 Å². The number of hydrogen-bond acceptors (Lipinski definition) is 4. The minimum absolute atomic E-state index is 0. The number of aliphatic imine (C=N–C) groups is 1. The van der Waals surface area contributed by atoms with Gasteiger partial charge in [-0.15, -0.1) is 24.0 Å². The molecule has 0 spiro atoms. The van der Waals surface area contributed by atoms with Crippen molar-refractivity contribution in [3.63, 3.8) is 0 Å². The van der Waals surface area contributed by atoms with Crippen LogP contribution in [0.1, 0.15) is 25.2 Å². The van der Waals surface area contributed by atoms with Gasteiger partial charge in [0.05, 0.1) is 19.4 Å². The number of benzene rings is 1. The van der Waals surface area contributed by atoms with Gasteiger partial charge in [-0.05, 0) is 50.6 Å². The van der Waals surface area contributed by atoms with Crippen LogP contribution in [0.5, 0.6) is 5.75 Å². The fourth-order valence-electron chi connectivity index (χ4n) is 2.28. The van der Waals surface area contributed by atoms with E-state index in [1.54, 1.807) is 25.3 Å². The highest BCUT2D eigenvalue weighted by Gasteiger charge is 2.25. The van der Waals surface area contributed by atoms with Crippen LogP contribution in [0.4, 0.5) is 0 Å². The second-order valence-corrected chi connectivity index (χ2v) is 6.04. The summed E-state index contributed by atoms with van der Waals surface area (Å²) in [5.41, 5.74) is 0.0183. The van der Waals surface area contributed by atoms with Crippen LogP contribution in [0.15, 0.2) is 52.1 Å². The van der Waals surface area contributed by atoms with Gasteiger partial charge in [-0.2, -0.15) is 0 Å². The fourth-order valence-corrected chi connectivity index (χ4v) is 2.28. The Morgan fingerprint density at radius 1 is 1.27 bits per heavy atom. The summed E-state index contributed by atoms with van der Waals surface area (Å²) in [6.45, 7) is 7.74. The molecule has 0 saturated carbocycles. The highest BCUT2D eigenvalue weighted by atomic mass is 127. The molecule has 0 aliphatic carbocycles. The maximum atomic E-state index is 10.5. The highest BCUT2D eigenvalue weighted by Crippen LogP contribution is 2.21. The number of nitrogens with one attached hydrogen (secondary N) is 2. The topological polar surface area (TPSA) is 79.0 Å². The van der Waals surface area contributed by atoms with Crippen LogP contribution in [0.3, 0.4) is 0 Å². The van der Waals surface area contributed by atoms with Crippen molar-refractivity contribution in [1.29, 1.82) is 0 Å². The molecule has 0 bridgehead atoms. The molecule has 6 nitrogen and oxygen atoms in total. The number of furan rings is 1. The van der Waals surface area contributed by atoms with Gasteiger partial charge in [0.2, 0.25) is 0 Å². The Hall–Kier alpha value is -1.74. The van der Waals surface area contributed by atoms with Gasteiger partial charge in [0.1, 0.15) is 23.7 Å². The van der Waals surface area contributed by atoms with Crippen molar-refractivity contribution in [1.82, 2.24) is 10.6 Å². The lowest BCUT2D eigenvalue weighted by molar-refractivity contribution is 0.0437. The zero-order chi connectivity index (χ0) is 18.1. The molecule has 2 aromatic rings. The second kappa shape index (κ2) is 11.1. The summed E-state index contributed by atoms with van der Waals surface area (Å²) < 4.78 is 11.0. The average Bonchev–Trinajstić information content (AvgIpc) is 3.12. The molecule has 144 valence electrons. The molecule has 7 heteroatoms. The van der Waals surface area contributed by atoms with E-state index in [0.717, 1.165) is 12.3 Å². The van der Waals surface area contributed by atoms with Gasteiger partial charge in [0.15, 0.2) is 5.96 Å². The molecule has 1 aromatic heterocycles. The van der Waals surface area contributed by atoms with Crippen molar-refractivity contribution in [3.8, 4) is 5.75 Å². The quantitative estimate of drug-likeness (QED) is 0.238. The van der Waals surface area contributed by atoms with E-state index in [2.05, 4.69) is 15.6 Å². The van der Waals surface area contributed by atoms with Crippen LogP contribution in [0.2, 0.25) is 0 Å². The monoisotopic (exact) mass is 473 g/mol. The zero-order valence-corrected chi connectivity index (χ0v) is 17.8. The number of rotatable bonds is 8. The largest absolute Gasteiger partial charge is 0.492 e. The number of aryl methyl sites for hydroxylation is 1. The standard InChI is InChI=1S/C19H27N3O3.HI/c1-4-20-18(22-14-19(3,23)17-9-6-11-25-17)21-10-12-24-16-8-5-7-15(2)13-16;/h5-9,11,13,23H,4,10,12,14H2,1-3H3,(H2,20,21,22);1H. The van der Waals surface area contributed by atoms with Crippen molar-refractivity contribution in [2.45, 2.75) is 26.4 Å². The SMILES string of the molecule is CCNC(=NCC(C)(O)c1ccco1)NCCOc1cccc(C)c1.I. The van der Waals surface area contributed by atoms with E-state index in [1.165, 1.54) is 5.56 Å². The molecule has 0 aliphatic rings. The Morgan fingerprint density at radius 2 is 2.08 bits per heavy atom. The summed E-state index contributed by atoms with van der Waals surface area (Å²) in [5.74, 6) is 1.97. The fraction of sp³-hybridized carbons (Fsp3) is 0.421. The molecule has 0 fully saturated rings. The number of aliphatic hydroxyl groups is 1. The maximum Gasteiger partial charge on any atom is 0.191 e. The first-order valence-electron chi connectivity index (χ1n) is 8.49. The summed E-state index contributed by atoms with van der Waals surface area (Å²) in [7, 11) is 0. The van der Waals surface area contributed by atoms with Gasteiger partial charge in [-0.1, -0.05) is 12.1 Å². The van der Waals surface area contributed by atoms with E-state index in [4.69, 9.17) is 9.15 Å². The lowest BCUT2D eigenvalue weighted by Gasteiger charge is -2.19. The van der Waals surface area contributed by atoms with Crippen LogP contribution >= 0.6 is 24.0 Å². The van der Waals surface area contributed by atoms with Crippen LogP contribution < -0.4 is 15.4 Å². The van der Waals surface area contributed by atoms with Crippen molar-refractivity contribution >= 4 is 29.9 Å². The first kappa shape index (κ1) is 22.3. The molecule has 0 amide bonds. The Bertz CT molecular complexity index is 672. The van der Waals surface area contributed by atoms with Gasteiger partial charge in [-0.25, -0.2) is 4.99 Å². The van der Waals surface area contributed by atoms with E-state index in [1.807, 2.05) is 38.1 Å². The zero-order valence-electron chi connectivity index (χ0n) is 15.5. The third-order valence-electron chi connectivity index (χ3n) is 3.59. The smallest absolute Gasteiger partial charge is 0.191 e. The molecular weight excluding hydrogens is 445 g/mol. The maximum absolute atomic E-state index is 10.5. The molecule has 1 aromatic carbocycles. The minimum Gasteiger partial charge on any atom is -0.492 e. The molecule has 1 atom stereocenters. The normalized spacial score (nSPS) is 13.5. The predicted molar refractivity (Wildman–Crippen MR) is 114 cm³/mol. The number of nitrogens with zero attached hydrogens (tertiary/aromatic N) is 1. The molecule has 0 saturated heterocycles. The minimum atomic E-state index is -1.15. The first-order valence-corrected chi connectivity index (χ1v) is 8.49. The van der Waals surface area contributed by atoms with Crippen molar-refractivity contribution in [2.75, 3.05) is 26.2 Å². The van der Waals surface area contributed by atoms with E-state index in [9.17, 15) is 5.11 Å². The molecule has 0 radical (unpaired) electrons. The first-order chi connectivity index (χ1) is 12.0. The van der Waals surface area contributed by atoms with Crippen LogP contribution in [-0.2, 0) is 5.60 Å². The molecular formula is C19H28IN3O3. The van der Waals surface area contributed by atoms with Crippen LogP contribution in [0, 0.1) is 6.92 Å². The number of halogens is 1. The van der Waals surface area contributed by atoms with Gasteiger partial charge in [-0.3, -0.25) is 0 Å². The molecule has 1 heterocycles. The van der Waals surface area contributed by atoms with E-state index < -0.39 is 5.60 Å². The Morgan fingerprint density at radius 3 is 2.73 bits per heavy atom. The van der Waals surface area contributed by atoms with Crippen molar-refractivity contribution < 1.29 is 14.3 Å². The number of hydrogen-bond donors (Lipinski definition) is 3. The summed E-state index contributed by atoms with van der Waals surface area (Å²) in [5, 5.41) is 16.8. The highest BCUT2D eigenvalue weighted by molar-refractivity contribution is 14.0. The Kier molecular flexibility index (Phi) is 9.50. The number of ether oxygens (including phenoxy) is 1. The number of guanidine groups is 1. The average molecular weight is 473 g/mol. The van der Waals surface area contributed by atoms with E-state index >= 15 is 0 Å². The summed E-state index contributed by atoms with van der Waals surface area (Å²) in [6.07, 6.45) is 1.54. The molecule has 2 rings (SSSR count). The summed E-state index contributed by atoms with van der Waals surface area (Å²) in [4.78, 5) is 4.43. The van der Waals surface area contributed by atoms with E-state index in [0.29, 0.717) is 24.9 Å². The van der Waals surface area contributed by atoms with Gasteiger partial charge < -0.3 is 24.9 Å². The third kappa shape index (κ3) is 7.25. The van der Waals surface area contributed by atoms with Gasteiger partial charge in [0, 0.05) is 6.54 Å². The van der Waals surface area contributed by atoms with Crippen molar-refractivity contribution in [2.24, 2.45) is 4.99 Å². The lowest BCUT2D eigenvalue weighted by Crippen LogP contribution is -2.40. The molecule has 0 aliphatic heterocycles. The van der Waals surface area contributed by atoms with Gasteiger partial charge >= 0.3 is 0 Å². The summed E-state index contributed by atoms with van der Waals surface area (Å²) >= 11 is 0. The lowest BCUT2D eigenvalue weighted by atomic mass is 10.0. The molecule has 26 heavy (non-hydrogen) atoms. The van der Waals surface area contributed by atoms with Crippen molar-refractivity contribution in [3.05, 3.63) is 54.0 Å². The third-order valence-corrected chi connectivity index (χ3v) is 3.59. The van der Waals surface area contributed by atoms with Crippen LogP contribution in [0.25, 0.3) is 0 Å². The second-order valence-electron chi connectivity index (χ2n) is 6.04. The van der Waals surface area contributed by atoms with Crippen LogP contribution in [-0.4, -0.2) is 37.3 Å². The Labute approximate surface area is 172 Å².